The smallest absolute Gasteiger partial charge is 0.266 e. The largest absolute Gasteiger partial charge is 0.495 e. The highest BCUT2D eigenvalue weighted by Gasteiger charge is 2.16. The molecule has 0 saturated carbocycles. The zero-order valence-electron chi connectivity index (χ0n) is 21.2. The van der Waals surface area contributed by atoms with Crippen LogP contribution in [0.3, 0.4) is 0 Å². The number of hydrogen-bond acceptors (Lipinski definition) is 9. The third kappa shape index (κ3) is 5.12. The SMILES string of the molecule is CCc1nc2cccc(-c3cnc(C)c(OC)c3)c2c(=O)n1-c1ccccc1.N#Cc1cnc(N)nc1N. The van der Waals surface area contributed by atoms with Crippen LogP contribution in [0, 0.1) is 18.3 Å². The highest BCUT2D eigenvalue weighted by Crippen LogP contribution is 2.29. The normalized spacial score (nSPS) is 10.4. The highest BCUT2D eigenvalue weighted by atomic mass is 16.5. The number of nitrogens with two attached hydrogens (primary N) is 2. The summed E-state index contributed by atoms with van der Waals surface area (Å²) in [5.74, 6) is 1.63. The van der Waals surface area contributed by atoms with Crippen LogP contribution in [-0.4, -0.2) is 31.6 Å². The van der Waals surface area contributed by atoms with Crippen molar-refractivity contribution in [2.24, 2.45) is 0 Å². The molecule has 5 aromatic rings. The van der Waals surface area contributed by atoms with E-state index >= 15 is 0 Å². The van der Waals surface area contributed by atoms with Crippen LogP contribution in [0.25, 0.3) is 27.7 Å². The number of anilines is 2. The number of rotatable bonds is 4. The van der Waals surface area contributed by atoms with Gasteiger partial charge >= 0.3 is 0 Å². The average molecular weight is 507 g/mol. The quantitative estimate of drug-likeness (QED) is 0.369. The third-order valence-electron chi connectivity index (χ3n) is 5.83. The van der Waals surface area contributed by atoms with Crippen LogP contribution in [-0.2, 0) is 6.42 Å². The molecule has 0 amide bonds. The van der Waals surface area contributed by atoms with Crippen LogP contribution in [0.2, 0.25) is 0 Å². The lowest BCUT2D eigenvalue weighted by molar-refractivity contribution is 0.409. The van der Waals surface area contributed by atoms with Gasteiger partial charge in [-0.25, -0.2) is 9.97 Å². The van der Waals surface area contributed by atoms with Gasteiger partial charge in [0.05, 0.1) is 35.6 Å². The molecule has 0 aliphatic carbocycles. The van der Waals surface area contributed by atoms with Gasteiger partial charge in [0.15, 0.2) is 0 Å². The zero-order valence-corrected chi connectivity index (χ0v) is 21.2. The van der Waals surface area contributed by atoms with E-state index in [-0.39, 0.29) is 22.9 Å². The number of fused-ring (bicyclic) bond motifs is 1. The molecule has 2 aromatic carbocycles. The number of nitrogen functional groups attached to an aromatic ring is 2. The van der Waals surface area contributed by atoms with Crippen molar-refractivity contribution in [3.63, 3.8) is 0 Å². The summed E-state index contributed by atoms with van der Waals surface area (Å²) in [6.45, 7) is 3.90. The summed E-state index contributed by atoms with van der Waals surface area (Å²) in [6.07, 6.45) is 3.72. The maximum absolute atomic E-state index is 13.6. The van der Waals surface area contributed by atoms with E-state index in [2.05, 4.69) is 15.0 Å². The van der Waals surface area contributed by atoms with Gasteiger partial charge in [-0.15, -0.1) is 0 Å². The summed E-state index contributed by atoms with van der Waals surface area (Å²) >= 11 is 0. The predicted molar refractivity (Wildman–Crippen MR) is 147 cm³/mol. The lowest BCUT2D eigenvalue weighted by Gasteiger charge is -2.15. The van der Waals surface area contributed by atoms with Gasteiger partial charge in [-0.2, -0.15) is 10.2 Å². The van der Waals surface area contributed by atoms with E-state index < -0.39 is 0 Å². The highest BCUT2D eigenvalue weighted by molar-refractivity contribution is 5.94. The molecule has 3 heterocycles. The minimum atomic E-state index is -0.0804. The van der Waals surface area contributed by atoms with Crippen molar-refractivity contribution in [2.45, 2.75) is 20.3 Å². The minimum Gasteiger partial charge on any atom is -0.495 e. The first-order valence-corrected chi connectivity index (χ1v) is 11.8. The van der Waals surface area contributed by atoms with Gasteiger partial charge in [-0.05, 0) is 36.8 Å². The summed E-state index contributed by atoms with van der Waals surface area (Å²) in [6, 6.07) is 19.1. The first-order chi connectivity index (χ1) is 18.4. The maximum atomic E-state index is 13.6. The van der Waals surface area contributed by atoms with Crippen LogP contribution in [0.15, 0.2) is 71.8 Å². The van der Waals surface area contributed by atoms with Crippen molar-refractivity contribution in [1.29, 1.82) is 5.26 Å². The van der Waals surface area contributed by atoms with Crippen LogP contribution in [0.4, 0.5) is 11.8 Å². The van der Waals surface area contributed by atoms with Gasteiger partial charge in [-0.3, -0.25) is 14.3 Å². The Morgan fingerprint density at radius 1 is 1.03 bits per heavy atom. The number of benzene rings is 2. The second kappa shape index (κ2) is 11.2. The van der Waals surface area contributed by atoms with Gasteiger partial charge in [0.2, 0.25) is 5.95 Å². The van der Waals surface area contributed by atoms with Crippen molar-refractivity contribution in [2.75, 3.05) is 18.6 Å². The molecule has 0 unspecified atom stereocenters. The molecule has 0 fully saturated rings. The summed E-state index contributed by atoms with van der Waals surface area (Å²) in [5.41, 5.74) is 14.5. The molecule has 38 heavy (non-hydrogen) atoms. The topological polar surface area (TPSA) is 159 Å². The molecule has 0 aliphatic heterocycles. The number of hydrogen-bond donors (Lipinski definition) is 2. The Bertz CT molecular complexity index is 1710. The fraction of sp³-hybridized carbons (Fsp3) is 0.143. The Balaban J connectivity index is 0.000000283. The Kier molecular flexibility index (Phi) is 7.58. The molecule has 0 aliphatic rings. The molecule has 4 N–H and O–H groups in total. The van der Waals surface area contributed by atoms with Crippen LogP contribution in [0.5, 0.6) is 5.75 Å². The molecule has 0 atom stereocenters. The molecule has 0 spiro atoms. The van der Waals surface area contributed by atoms with E-state index in [1.807, 2.05) is 74.5 Å². The van der Waals surface area contributed by atoms with Crippen LogP contribution in [0.1, 0.15) is 24.0 Å². The van der Waals surface area contributed by atoms with E-state index in [0.717, 1.165) is 28.3 Å². The number of pyridine rings is 1. The zero-order chi connectivity index (χ0) is 27.2. The fourth-order valence-corrected chi connectivity index (χ4v) is 3.96. The lowest BCUT2D eigenvalue weighted by Crippen LogP contribution is -2.24. The van der Waals surface area contributed by atoms with Crippen molar-refractivity contribution in [1.82, 2.24) is 24.5 Å². The molecule has 0 radical (unpaired) electrons. The second-order valence-corrected chi connectivity index (χ2v) is 8.21. The van der Waals surface area contributed by atoms with E-state index in [4.69, 9.17) is 26.5 Å². The summed E-state index contributed by atoms with van der Waals surface area (Å²) in [4.78, 5) is 29.9. The van der Waals surface area contributed by atoms with Gasteiger partial charge in [0.25, 0.3) is 5.56 Å². The number of nitriles is 1. The number of methoxy groups -OCH3 is 1. The fourth-order valence-electron chi connectivity index (χ4n) is 3.96. The van der Waals surface area contributed by atoms with Crippen molar-refractivity contribution in [3.05, 3.63) is 94.4 Å². The standard InChI is InChI=1S/C23H21N3O2.C5H5N5/c1-4-21-25-19-12-8-11-18(16-13-20(28-3)15(2)24-14-16)22(19)23(27)26(21)17-9-6-5-7-10-17;6-1-3-2-9-5(8)10-4(3)7/h5-14H,4H2,1-3H3;2H,(H4,7,8,9,10). The van der Waals surface area contributed by atoms with Crippen molar-refractivity contribution < 1.29 is 4.74 Å². The molecule has 0 saturated heterocycles. The Labute approximate surface area is 219 Å². The Hall–Kier alpha value is -5.30. The monoisotopic (exact) mass is 506 g/mol. The molecule has 5 rings (SSSR count). The van der Waals surface area contributed by atoms with Gasteiger partial charge in [0.1, 0.15) is 29.0 Å². The number of aryl methyl sites for hydroxylation is 2. The van der Waals surface area contributed by atoms with Crippen molar-refractivity contribution in [3.8, 4) is 28.6 Å². The van der Waals surface area contributed by atoms with Gasteiger partial charge < -0.3 is 16.2 Å². The Morgan fingerprint density at radius 2 is 1.79 bits per heavy atom. The van der Waals surface area contributed by atoms with Crippen LogP contribution < -0.4 is 21.8 Å². The van der Waals surface area contributed by atoms with Gasteiger partial charge in [-0.1, -0.05) is 37.3 Å². The first kappa shape index (κ1) is 25.8. The van der Waals surface area contributed by atoms with E-state index in [1.165, 1.54) is 6.20 Å². The molecule has 10 nitrogen and oxygen atoms in total. The molecule has 0 bridgehead atoms. The predicted octanol–water partition coefficient (Wildman–Crippen LogP) is 3.84. The van der Waals surface area contributed by atoms with E-state index in [9.17, 15) is 4.79 Å². The summed E-state index contributed by atoms with van der Waals surface area (Å²) < 4.78 is 7.12. The number of para-hydroxylation sites is 1. The molecule has 10 heteroatoms. The number of ether oxygens (including phenoxy) is 1. The molecule has 3 aromatic heterocycles. The van der Waals surface area contributed by atoms with Crippen molar-refractivity contribution >= 4 is 22.7 Å². The van der Waals surface area contributed by atoms with Gasteiger partial charge in [0, 0.05) is 18.2 Å². The van der Waals surface area contributed by atoms with E-state index in [0.29, 0.717) is 23.1 Å². The molecule has 190 valence electrons. The number of nitrogens with zero attached hydrogens (tertiary/aromatic N) is 6. The average Bonchev–Trinajstić information content (AvgIpc) is 2.93. The molecular weight excluding hydrogens is 480 g/mol. The minimum absolute atomic E-state index is 0.0801. The maximum Gasteiger partial charge on any atom is 0.266 e. The number of aromatic nitrogens is 5. The second-order valence-electron chi connectivity index (χ2n) is 8.21. The van der Waals surface area contributed by atoms with E-state index in [1.54, 1.807) is 17.9 Å². The summed E-state index contributed by atoms with van der Waals surface area (Å²) in [5, 5.41) is 8.94. The molecular formula is C28H26N8O2. The first-order valence-electron chi connectivity index (χ1n) is 11.8. The third-order valence-corrected chi connectivity index (χ3v) is 5.83. The van der Waals surface area contributed by atoms with Crippen LogP contribution >= 0.6 is 0 Å². The summed E-state index contributed by atoms with van der Waals surface area (Å²) in [7, 11) is 1.62. The Morgan fingerprint density at radius 3 is 2.45 bits per heavy atom. The lowest BCUT2D eigenvalue weighted by atomic mass is 10.0.